The fourth-order valence-corrected chi connectivity index (χ4v) is 1.74. The molecule has 1 heterocycles. The number of aliphatic hydroxyl groups excluding tert-OH is 5. The van der Waals surface area contributed by atoms with Crippen LogP contribution < -0.4 is 0 Å². The minimum absolute atomic E-state index is 0.263. The third kappa shape index (κ3) is 3.59. The molecule has 0 saturated carbocycles. The molecular formula is C10H20O8. The van der Waals surface area contributed by atoms with Crippen LogP contribution in [0.3, 0.4) is 0 Å². The summed E-state index contributed by atoms with van der Waals surface area (Å²) in [5.41, 5.74) is 0. The van der Waals surface area contributed by atoms with E-state index in [2.05, 4.69) is 0 Å². The van der Waals surface area contributed by atoms with E-state index in [9.17, 15) is 10.2 Å². The SMILES string of the molecule is CO[C@@H]1C(CO)O[C@@H](OCC(O)CO)[C@@H](O)C1O. The summed E-state index contributed by atoms with van der Waals surface area (Å²) in [5.74, 6) is 0. The predicted molar refractivity (Wildman–Crippen MR) is 57.6 cm³/mol. The average molecular weight is 268 g/mol. The zero-order valence-electron chi connectivity index (χ0n) is 10.0. The normalized spacial score (nSPS) is 38.7. The van der Waals surface area contributed by atoms with Crippen molar-refractivity contribution in [1.82, 2.24) is 0 Å². The van der Waals surface area contributed by atoms with E-state index in [1.54, 1.807) is 0 Å². The van der Waals surface area contributed by atoms with Gasteiger partial charge in [0.05, 0.1) is 19.8 Å². The van der Waals surface area contributed by atoms with Crippen LogP contribution >= 0.6 is 0 Å². The molecule has 8 nitrogen and oxygen atoms in total. The summed E-state index contributed by atoms with van der Waals surface area (Å²) >= 11 is 0. The minimum atomic E-state index is -1.37. The van der Waals surface area contributed by atoms with Crippen LogP contribution in [-0.2, 0) is 14.2 Å². The van der Waals surface area contributed by atoms with E-state index < -0.39 is 50.0 Å². The quantitative estimate of drug-likeness (QED) is 0.341. The molecule has 0 spiro atoms. The molecule has 18 heavy (non-hydrogen) atoms. The fraction of sp³-hybridized carbons (Fsp3) is 1.00. The van der Waals surface area contributed by atoms with Crippen molar-refractivity contribution in [2.75, 3.05) is 26.9 Å². The highest BCUT2D eigenvalue weighted by Gasteiger charge is 2.45. The standard InChI is InChI=1S/C10H20O8/c1-16-9-6(3-12)18-10(8(15)7(9)14)17-4-5(13)2-11/h5-15H,2-4H2,1H3/t5?,6?,7?,8-,9+,10+/m0/s1. The Morgan fingerprint density at radius 3 is 2.39 bits per heavy atom. The Bertz CT molecular complexity index is 236. The molecule has 6 atom stereocenters. The lowest BCUT2D eigenvalue weighted by molar-refractivity contribution is -0.308. The Morgan fingerprint density at radius 2 is 1.89 bits per heavy atom. The van der Waals surface area contributed by atoms with Gasteiger partial charge in [0, 0.05) is 7.11 Å². The van der Waals surface area contributed by atoms with Crippen LogP contribution in [0, 0.1) is 0 Å². The van der Waals surface area contributed by atoms with E-state index in [1.165, 1.54) is 7.11 Å². The molecule has 0 radical (unpaired) electrons. The number of hydrogen-bond acceptors (Lipinski definition) is 8. The second-order valence-corrected chi connectivity index (χ2v) is 4.08. The van der Waals surface area contributed by atoms with Crippen LogP contribution in [0.1, 0.15) is 0 Å². The van der Waals surface area contributed by atoms with Crippen LogP contribution in [0.5, 0.6) is 0 Å². The average Bonchev–Trinajstić information content (AvgIpc) is 2.39. The van der Waals surface area contributed by atoms with Gasteiger partial charge >= 0.3 is 0 Å². The first-order valence-corrected chi connectivity index (χ1v) is 5.60. The molecule has 1 fully saturated rings. The molecule has 0 bridgehead atoms. The van der Waals surface area contributed by atoms with Gasteiger partial charge in [-0.3, -0.25) is 0 Å². The largest absolute Gasteiger partial charge is 0.394 e. The van der Waals surface area contributed by atoms with E-state index in [4.69, 9.17) is 29.5 Å². The van der Waals surface area contributed by atoms with Crippen LogP contribution in [0.2, 0.25) is 0 Å². The molecule has 1 saturated heterocycles. The number of aliphatic hydroxyl groups is 5. The molecular weight excluding hydrogens is 248 g/mol. The number of hydrogen-bond donors (Lipinski definition) is 5. The Labute approximate surface area is 104 Å². The van der Waals surface area contributed by atoms with Crippen molar-refractivity contribution < 1.29 is 39.7 Å². The molecule has 8 heteroatoms. The zero-order chi connectivity index (χ0) is 13.7. The monoisotopic (exact) mass is 268 g/mol. The third-order valence-electron chi connectivity index (χ3n) is 2.76. The maximum Gasteiger partial charge on any atom is 0.186 e. The molecule has 0 aromatic rings. The van der Waals surface area contributed by atoms with Gasteiger partial charge in [-0.1, -0.05) is 0 Å². The topological polar surface area (TPSA) is 129 Å². The van der Waals surface area contributed by atoms with Crippen molar-refractivity contribution in [3.8, 4) is 0 Å². The van der Waals surface area contributed by atoms with Crippen LogP contribution in [-0.4, -0.2) is 89.3 Å². The first kappa shape index (κ1) is 15.7. The Kier molecular flexibility index (Phi) is 6.39. The molecule has 1 rings (SSSR count). The zero-order valence-corrected chi connectivity index (χ0v) is 10.0. The van der Waals surface area contributed by atoms with Crippen molar-refractivity contribution in [2.45, 2.75) is 36.8 Å². The maximum absolute atomic E-state index is 9.77. The van der Waals surface area contributed by atoms with E-state index >= 15 is 0 Å². The lowest BCUT2D eigenvalue weighted by Crippen LogP contribution is -2.60. The molecule has 0 aromatic carbocycles. The second-order valence-electron chi connectivity index (χ2n) is 4.08. The molecule has 0 aromatic heterocycles. The summed E-state index contributed by atoms with van der Waals surface area (Å²) in [6.45, 7) is -1.17. The molecule has 0 amide bonds. The Balaban J connectivity index is 2.59. The second kappa shape index (κ2) is 7.31. The number of methoxy groups -OCH3 is 1. The molecule has 5 N–H and O–H groups in total. The van der Waals surface area contributed by atoms with Gasteiger partial charge in [0.15, 0.2) is 6.29 Å². The first-order chi connectivity index (χ1) is 8.54. The summed E-state index contributed by atoms with van der Waals surface area (Å²) < 4.78 is 15.2. The lowest BCUT2D eigenvalue weighted by atomic mass is 9.99. The van der Waals surface area contributed by atoms with E-state index in [0.717, 1.165) is 0 Å². The van der Waals surface area contributed by atoms with Gasteiger partial charge in [0.2, 0.25) is 0 Å². The number of ether oxygens (including phenoxy) is 3. The van der Waals surface area contributed by atoms with Crippen LogP contribution in [0.15, 0.2) is 0 Å². The molecule has 3 unspecified atom stereocenters. The molecule has 1 aliphatic rings. The highest BCUT2D eigenvalue weighted by molar-refractivity contribution is 4.90. The van der Waals surface area contributed by atoms with Crippen LogP contribution in [0.25, 0.3) is 0 Å². The first-order valence-electron chi connectivity index (χ1n) is 5.60. The predicted octanol–water partition coefficient (Wildman–Crippen LogP) is -3.19. The summed E-state index contributed by atoms with van der Waals surface area (Å²) in [7, 11) is 1.32. The van der Waals surface area contributed by atoms with Crippen LogP contribution in [0.4, 0.5) is 0 Å². The Morgan fingerprint density at radius 1 is 1.22 bits per heavy atom. The smallest absolute Gasteiger partial charge is 0.186 e. The molecule has 108 valence electrons. The third-order valence-corrected chi connectivity index (χ3v) is 2.76. The van der Waals surface area contributed by atoms with E-state index in [-0.39, 0.29) is 6.61 Å². The van der Waals surface area contributed by atoms with Gasteiger partial charge in [-0.15, -0.1) is 0 Å². The van der Waals surface area contributed by atoms with Crippen molar-refractivity contribution in [3.05, 3.63) is 0 Å². The fourth-order valence-electron chi connectivity index (χ4n) is 1.74. The van der Waals surface area contributed by atoms with Gasteiger partial charge < -0.3 is 39.7 Å². The lowest BCUT2D eigenvalue weighted by Gasteiger charge is -2.41. The van der Waals surface area contributed by atoms with E-state index in [0.29, 0.717) is 0 Å². The summed E-state index contributed by atoms with van der Waals surface area (Å²) in [5, 5.41) is 46.3. The summed E-state index contributed by atoms with van der Waals surface area (Å²) in [6.07, 6.45) is -6.67. The summed E-state index contributed by atoms with van der Waals surface area (Å²) in [4.78, 5) is 0. The number of rotatable bonds is 6. The van der Waals surface area contributed by atoms with Gasteiger partial charge in [0.25, 0.3) is 0 Å². The Hall–Kier alpha value is -0.320. The minimum Gasteiger partial charge on any atom is -0.394 e. The van der Waals surface area contributed by atoms with E-state index in [1.807, 2.05) is 0 Å². The van der Waals surface area contributed by atoms with Gasteiger partial charge in [-0.25, -0.2) is 0 Å². The molecule has 0 aliphatic carbocycles. The van der Waals surface area contributed by atoms with Crippen molar-refractivity contribution in [2.24, 2.45) is 0 Å². The van der Waals surface area contributed by atoms with Gasteiger partial charge in [0.1, 0.15) is 30.5 Å². The van der Waals surface area contributed by atoms with Crippen molar-refractivity contribution in [3.63, 3.8) is 0 Å². The highest BCUT2D eigenvalue weighted by atomic mass is 16.7. The van der Waals surface area contributed by atoms with Crippen molar-refractivity contribution >= 4 is 0 Å². The summed E-state index contributed by atoms with van der Waals surface area (Å²) in [6, 6.07) is 0. The van der Waals surface area contributed by atoms with Gasteiger partial charge in [-0.2, -0.15) is 0 Å². The highest BCUT2D eigenvalue weighted by Crippen LogP contribution is 2.23. The maximum atomic E-state index is 9.77. The van der Waals surface area contributed by atoms with Crippen molar-refractivity contribution in [1.29, 1.82) is 0 Å². The van der Waals surface area contributed by atoms with Gasteiger partial charge in [-0.05, 0) is 0 Å². The molecule has 1 aliphatic heterocycles.